The van der Waals surface area contributed by atoms with Gasteiger partial charge in [0.1, 0.15) is 0 Å². The smallest absolute Gasteiger partial charge is 0.227 e. The Balaban J connectivity index is 1.67. The third kappa shape index (κ3) is 3.91. The molecule has 0 aliphatic heterocycles. The van der Waals surface area contributed by atoms with Crippen LogP contribution in [0, 0.1) is 5.92 Å². The van der Waals surface area contributed by atoms with E-state index in [1.54, 1.807) is 31.1 Å². The number of anilines is 1. The maximum absolute atomic E-state index is 12.5. The van der Waals surface area contributed by atoms with Crippen molar-refractivity contribution in [2.75, 3.05) is 19.5 Å². The Labute approximate surface area is 150 Å². The van der Waals surface area contributed by atoms with E-state index in [9.17, 15) is 4.79 Å². The van der Waals surface area contributed by atoms with E-state index < -0.39 is 0 Å². The van der Waals surface area contributed by atoms with Crippen LogP contribution in [0.2, 0.25) is 0 Å². The summed E-state index contributed by atoms with van der Waals surface area (Å²) in [6.45, 7) is 1.91. The highest BCUT2D eigenvalue weighted by atomic mass is 32.1. The number of thiazole rings is 1. The van der Waals surface area contributed by atoms with Gasteiger partial charge in [0.2, 0.25) is 5.91 Å². The minimum atomic E-state index is -0.171. The van der Waals surface area contributed by atoms with Crippen LogP contribution in [0.3, 0.4) is 0 Å². The van der Waals surface area contributed by atoms with Gasteiger partial charge < -0.3 is 14.8 Å². The molecule has 0 fully saturated rings. The van der Waals surface area contributed by atoms with E-state index in [-0.39, 0.29) is 11.8 Å². The third-order valence-corrected chi connectivity index (χ3v) is 4.83. The number of hydrogen-bond acceptors (Lipinski definition) is 5. The van der Waals surface area contributed by atoms with Gasteiger partial charge in [-0.2, -0.15) is 0 Å². The first-order chi connectivity index (χ1) is 12.1. The molecule has 130 valence electrons. The molecule has 0 saturated heterocycles. The largest absolute Gasteiger partial charge is 0.493 e. The summed E-state index contributed by atoms with van der Waals surface area (Å²) < 4.78 is 11.6. The van der Waals surface area contributed by atoms with Crippen molar-refractivity contribution < 1.29 is 14.3 Å². The summed E-state index contributed by atoms with van der Waals surface area (Å²) in [6.07, 6.45) is 0.620. The zero-order valence-corrected chi connectivity index (χ0v) is 15.2. The molecule has 1 N–H and O–H groups in total. The normalized spacial score (nSPS) is 12.0. The molecule has 25 heavy (non-hydrogen) atoms. The Morgan fingerprint density at radius 2 is 1.96 bits per heavy atom. The van der Waals surface area contributed by atoms with E-state index in [4.69, 9.17) is 9.47 Å². The lowest BCUT2D eigenvalue weighted by molar-refractivity contribution is -0.119. The molecule has 0 radical (unpaired) electrons. The fourth-order valence-corrected chi connectivity index (χ4v) is 3.37. The number of carbonyl (C=O) groups excluding carboxylic acids is 1. The Morgan fingerprint density at radius 3 is 2.72 bits per heavy atom. The van der Waals surface area contributed by atoms with Crippen LogP contribution in [0.1, 0.15) is 12.5 Å². The number of amides is 1. The molecular weight excluding hydrogens is 336 g/mol. The number of ether oxygens (including phenoxy) is 2. The van der Waals surface area contributed by atoms with Gasteiger partial charge >= 0.3 is 0 Å². The van der Waals surface area contributed by atoms with Crippen LogP contribution in [0.4, 0.5) is 5.69 Å². The van der Waals surface area contributed by atoms with Crippen LogP contribution in [0.15, 0.2) is 41.9 Å². The summed E-state index contributed by atoms with van der Waals surface area (Å²) in [5, 5.41) is 2.98. The molecule has 1 atom stereocenters. The van der Waals surface area contributed by atoms with Crippen molar-refractivity contribution in [2.45, 2.75) is 13.3 Å². The van der Waals surface area contributed by atoms with Gasteiger partial charge in [-0.05, 0) is 42.3 Å². The molecule has 3 aromatic rings. The van der Waals surface area contributed by atoms with Gasteiger partial charge in [0.25, 0.3) is 0 Å². The van der Waals surface area contributed by atoms with E-state index in [0.717, 1.165) is 21.5 Å². The Kier molecular flexibility index (Phi) is 5.19. The molecule has 0 saturated carbocycles. The van der Waals surface area contributed by atoms with Crippen LogP contribution in [0.25, 0.3) is 10.2 Å². The molecule has 3 rings (SSSR count). The number of benzene rings is 2. The highest BCUT2D eigenvalue weighted by molar-refractivity contribution is 7.16. The first-order valence-electron chi connectivity index (χ1n) is 7.95. The molecule has 1 aromatic heterocycles. The molecule has 1 amide bonds. The van der Waals surface area contributed by atoms with Crippen LogP contribution >= 0.6 is 11.3 Å². The summed E-state index contributed by atoms with van der Waals surface area (Å²) in [4.78, 5) is 16.7. The minimum absolute atomic E-state index is 0.0151. The lowest BCUT2D eigenvalue weighted by atomic mass is 10.00. The molecule has 2 aromatic carbocycles. The monoisotopic (exact) mass is 356 g/mol. The van der Waals surface area contributed by atoms with Crippen LogP contribution in [-0.2, 0) is 11.2 Å². The summed E-state index contributed by atoms with van der Waals surface area (Å²) in [7, 11) is 3.21. The molecule has 0 bridgehead atoms. The van der Waals surface area contributed by atoms with Crippen molar-refractivity contribution in [3.05, 3.63) is 47.5 Å². The SMILES string of the molecule is COc1ccc(CC(C)C(=O)Nc2ccc3ncsc3c2)cc1OC. The summed E-state index contributed by atoms with van der Waals surface area (Å²) in [5.74, 6) is 1.17. The third-order valence-electron chi connectivity index (χ3n) is 4.04. The van der Waals surface area contributed by atoms with Crippen molar-refractivity contribution in [2.24, 2.45) is 5.92 Å². The lowest BCUT2D eigenvalue weighted by Crippen LogP contribution is -2.22. The average Bonchev–Trinajstić information content (AvgIpc) is 3.09. The molecule has 0 aliphatic carbocycles. The number of rotatable bonds is 6. The van der Waals surface area contributed by atoms with Crippen molar-refractivity contribution in [3.63, 3.8) is 0 Å². The fraction of sp³-hybridized carbons (Fsp3) is 0.263. The van der Waals surface area contributed by atoms with E-state index in [1.165, 1.54) is 0 Å². The average molecular weight is 356 g/mol. The molecule has 5 nitrogen and oxygen atoms in total. The predicted octanol–water partition coefficient (Wildman–Crippen LogP) is 4.13. The summed E-state index contributed by atoms with van der Waals surface area (Å²) in [5.41, 5.74) is 4.57. The highest BCUT2D eigenvalue weighted by Crippen LogP contribution is 2.29. The van der Waals surface area contributed by atoms with Crippen molar-refractivity contribution >= 4 is 33.1 Å². The minimum Gasteiger partial charge on any atom is -0.493 e. The number of methoxy groups -OCH3 is 2. The second kappa shape index (κ2) is 7.53. The van der Waals surface area contributed by atoms with E-state index in [1.807, 2.05) is 43.3 Å². The quantitative estimate of drug-likeness (QED) is 0.721. The van der Waals surface area contributed by atoms with Crippen molar-refractivity contribution in [3.8, 4) is 11.5 Å². The van der Waals surface area contributed by atoms with Gasteiger partial charge in [0, 0.05) is 11.6 Å². The molecule has 0 spiro atoms. The number of aromatic nitrogens is 1. The zero-order chi connectivity index (χ0) is 17.8. The highest BCUT2D eigenvalue weighted by Gasteiger charge is 2.15. The Bertz CT molecular complexity index is 891. The van der Waals surface area contributed by atoms with Gasteiger partial charge in [0.15, 0.2) is 11.5 Å². The van der Waals surface area contributed by atoms with E-state index in [0.29, 0.717) is 17.9 Å². The van der Waals surface area contributed by atoms with Gasteiger partial charge in [-0.15, -0.1) is 11.3 Å². The van der Waals surface area contributed by atoms with Crippen LogP contribution < -0.4 is 14.8 Å². The summed E-state index contributed by atoms with van der Waals surface area (Å²) >= 11 is 1.56. The van der Waals surface area contributed by atoms with Gasteiger partial charge in [-0.25, -0.2) is 4.98 Å². The van der Waals surface area contributed by atoms with Crippen LogP contribution in [0.5, 0.6) is 11.5 Å². The summed E-state index contributed by atoms with van der Waals surface area (Å²) in [6, 6.07) is 11.5. The molecule has 1 unspecified atom stereocenters. The first kappa shape index (κ1) is 17.2. The number of fused-ring (bicyclic) bond motifs is 1. The second-order valence-corrected chi connectivity index (χ2v) is 6.70. The Hall–Kier alpha value is -2.60. The first-order valence-corrected chi connectivity index (χ1v) is 8.83. The van der Waals surface area contributed by atoms with Crippen molar-refractivity contribution in [1.82, 2.24) is 4.98 Å². The number of hydrogen-bond donors (Lipinski definition) is 1. The number of nitrogens with one attached hydrogen (secondary N) is 1. The van der Waals surface area contributed by atoms with E-state index in [2.05, 4.69) is 10.3 Å². The number of carbonyl (C=O) groups is 1. The predicted molar refractivity (Wildman–Crippen MR) is 101 cm³/mol. The second-order valence-electron chi connectivity index (χ2n) is 5.82. The van der Waals surface area contributed by atoms with Gasteiger partial charge in [-0.1, -0.05) is 13.0 Å². The number of nitrogens with zero attached hydrogens (tertiary/aromatic N) is 1. The van der Waals surface area contributed by atoms with Crippen molar-refractivity contribution in [1.29, 1.82) is 0 Å². The fourth-order valence-electron chi connectivity index (χ4n) is 2.65. The zero-order valence-electron chi connectivity index (χ0n) is 14.4. The van der Waals surface area contributed by atoms with Gasteiger partial charge in [-0.3, -0.25) is 4.79 Å². The molecule has 0 aliphatic rings. The Morgan fingerprint density at radius 1 is 1.16 bits per heavy atom. The molecule has 6 heteroatoms. The van der Waals surface area contributed by atoms with Gasteiger partial charge in [0.05, 0.1) is 29.9 Å². The maximum Gasteiger partial charge on any atom is 0.227 e. The van der Waals surface area contributed by atoms with E-state index >= 15 is 0 Å². The molecular formula is C19H20N2O3S. The van der Waals surface area contributed by atoms with Crippen LogP contribution in [-0.4, -0.2) is 25.1 Å². The molecule has 1 heterocycles. The maximum atomic E-state index is 12.5. The lowest BCUT2D eigenvalue weighted by Gasteiger charge is -2.14. The topological polar surface area (TPSA) is 60.5 Å². The standard InChI is InChI=1S/C19H20N2O3S/c1-12(8-13-4-7-16(23-2)17(9-13)24-3)19(22)21-14-5-6-15-18(10-14)25-11-20-15/h4-7,9-12H,8H2,1-3H3,(H,21,22).